The smallest absolute Gasteiger partial charge is 0.332 e. The third kappa shape index (κ3) is 3.98. The topological polar surface area (TPSA) is 38.3 Å². The zero-order valence-corrected chi connectivity index (χ0v) is 11.2. The molecule has 100 valence electrons. The summed E-state index contributed by atoms with van der Waals surface area (Å²) in [6.07, 6.45) is 3.51. The molecule has 0 bridgehead atoms. The zero-order chi connectivity index (χ0) is 13.5. The van der Waals surface area contributed by atoms with E-state index in [1.54, 1.807) is 0 Å². The van der Waals surface area contributed by atoms with E-state index in [0.717, 1.165) is 30.3 Å². The molecule has 2 aromatic carbocycles. The molecule has 1 N–H and O–H groups in total. The maximum absolute atomic E-state index is 11.5. The molecular formula is C16H19NO2. The van der Waals surface area contributed by atoms with Crippen molar-refractivity contribution in [1.82, 2.24) is 0 Å². The lowest BCUT2D eigenvalue weighted by Crippen LogP contribution is -2.10. The monoisotopic (exact) mass is 257 g/mol. The first-order valence-corrected chi connectivity index (χ1v) is 6.74. The highest BCUT2D eigenvalue weighted by molar-refractivity contribution is 5.85. The van der Waals surface area contributed by atoms with Gasteiger partial charge in [-0.3, -0.25) is 0 Å². The number of carbonyl (C=O) groups is 1. The van der Waals surface area contributed by atoms with Gasteiger partial charge in [0.15, 0.2) is 0 Å². The summed E-state index contributed by atoms with van der Waals surface area (Å²) >= 11 is 0. The third-order valence-corrected chi connectivity index (χ3v) is 3.02. The second-order valence-electron chi connectivity index (χ2n) is 4.60. The highest BCUT2D eigenvalue weighted by atomic mass is 16.7. The Hall–Kier alpha value is -2.03. The zero-order valence-electron chi connectivity index (χ0n) is 11.2. The van der Waals surface area contributed by atoms with Crippen molar-refractivity contribution in [3.8, 4) is 0 Å². The SMILES string of the molecule is CCCCCC(=O)ONc1ccc2ccccc2c1. The standard InChI is InChI=1S/C16H19NO2/c1-2-3-4-9-16(18)19-17-15-11-10-13-7-5-6-8-14(13)12-15/h5-8,10-12,17H,2-4,9H2,1H3. The lowest BCUT2D eigenvalue weighted by Gasteiger charge is -2.07. The van der Waals surface area contributed by atoms with E-state index in [1.165, 1.54) is 5.39 Å². The van der Waals surface area contributed by atoms with Crippen molar-refractivity contribution in [2.24, 2.45) is 0 Å². The maximum Gasteiger partial charge on any atom is 0.332 e. The van der Waals surface area contributed by atoms with Crippen molar-refractivity contribution in [1.29, 1.82) is 0 Å². The molecular weight excluding hydrogens is 238 g/mol. The number of hydrogen-bond acceptors (Lipinski definition) is 3. The number of nitrogens with one attached hydrogen (secondary N) is 1. The molecule has 3 heteroatoms. The summed E-state index contributed by atoms with van der Waals surface area (Å²) in [5.74, 6) is -0.207. The summed E-state index contributed by atoms with van der Waals surface area (Å²) < 4.78 is 0. The maximum atomic E-state index is 11.5. The van der Waals surface area contributed by atoms with Crippen molar-refractivity contribution in [3.63, 3.8) is 0 Å². The van der Waals surface area contributed by atoms with E-state index in [-0.39, 0.29) is 5.97 Å². The summed E-state index contributed by atoms with van der Waals surface area (Å²) in [6.45, 7) is 2.11. The van der Waals surface area contributed by atoms with Gasteiger partial charge in [0, 0.05) is 6.42 Å². The van der Waals surface area contributed by atoms with Crippen LogP contribution in [0.15, 0.2) is 42.5 Å². The van der Waals surface area contributed by atoms with Crippen LogP contribution in [-0.4, -0.2) is 5.97 Å². The highest BCUT2D eigenvalue weighted by Gasteiger charge is 2.03. The van der Waals surface area contributed by atoms with Gasteiger partial charge < -0.3 is 4.84 Å². The third-order valence-electron chi connectivity index (χ3n) is 3.02. The van der Waals surface area contributed by atoms with Gasteiger partial charge in [-0.1, -0.05) is 50.1 Å². The molecule has 0 spiro atoms. The van der Waals surface area contributed by atoms with Crippen LogP contribution in [0.25, 0.3) is 10.8 Å². The van der Waals surface area contributed by atoms with Crippen LogP contribution in [0.1, 0.15) is 32.6 Å². The fourth-order valence-corrected chi connectivity index (χ4v) is 1.94. The molecule has 2 aromatic rings. The molecule has 0 atom stereocenters. The molecule has 3 nitrogen and oxygen atoms in total. The van der Waals surface area contributed by atoms with Gasteiger partial charge in [0.2, 0.25) is 0 Å². The quantitative estimate of drug-likeness (QED) is 0.619. The first-order valence-electron chi connectivity index (χ1n) is 6.74. The van der Waals surface area contributed by atoms with Crippen molar-refractivity contribution in [2.45, 2.75) is 32.6 Å². The Kier molecular flexibility index (Phi) is 4.78. The Morgan fingerprint density at radius 3 is 2.68 bits per heavy atom. The van der Waals surface area contributed by atoms with Crippen LogP contribution in [0.3, 0.4) is 0 Å². The Bertz CT molecular complexity index is 551. The molecule has 0 saturated heterocycles. The predicted molar refractivity (Wildman–Crippen MR) is 77.8 cm³/mol. The first-order chi connectivity index (χ1) is 9.29. The first kappa shape index (κ1) is 13.4. The van der Waals surface area contributed by atoms with Crippen molar-refractivity contribution in [3.05, 3.63) is 42.5 Å². The number of benzene rings is 2. The fourth-order valence-electron chi connectivity index (χ4n) is 1.94. The van der Waals surface area contributed by atoms with Crippen LogP contribution >= 0.6 is 0 Å². The fraction of sp³-hybridized carbons (Fsp3) is 0.312. The molecule has 0 amide bonds. The second-order valence-corrected chi connectivity index (χ2v) is 4.60. The normalized spacial score (nSPS) is 10.4. The molecule has 0 aliphatic heterocycles. The molecule has 0 radical (unpaired) electrons. The van der Waals surface area contributed by atoms with Crippen LogP contribution in [0.4, 0.5) is 5.69 Å². The largest absolute Gasteiger partial charge is 0.343 e. The summed E-state index contributed by atoms with van der Waals surface area (Å²) in [5, 5.41) is 2.29. The van der Waals surface area contributed by atoms with E-state index < -0.39 is 0 Å². The Balaban J connectivity index is 1.89. The Labute approximate surface area is 113 Å². The molecule has 0 aliphatic rings. The highest BCUT2D eigenvalue weighted by Crippen LogP contribution is 2.18. The van der Waals surface area contributed by atoms with E-state index >= 15 is 0 Å². The molecule has 0 heterocycles. The number of fused-ring (bicyclic) bond motifs is 1. The van der Waals surface area contributed by atoms with Crippen molar-refractivity contribution >= 4 is 22.4 Å². The number of anilines is 1. The van der Waals surface area contributed by atoms with Crippen LogP contribution in [0.5, 0.6) is 0 Å². The number of unbranched alkanes of at least 4 members (excludes halogenated alkanes) is 2. The molecule has 2 rings (SSSR count). The van der Waals surface area contributed by atoms with Gasteiger partial charge in [-0.15, -0.1) is 0 Å². The molecule has 0 fully saturated rings. The van der Waals surface area contributed by atoms with Gasteiger partial charge in [0.25, 0.3) is 0 Å². The van der Waals surface area contributed by atoms with Crippen LogP contribution < -0.4 is 5.48 Å². The van der Waals surface area contributed by atoms with Gasteiger partial charge in [-0.2, -0.15) is 0 Å². The van der Waals surface area contributed by atoms with Gasteiger partial charge in [-0.05, 0) is 29.3 Å². The average molecular weight is 257 g/mol. The van der Waals surface area contributed by atoms with E-state index in [1.807, 2.05) is 36.4 Å². The second kappa shape index (κ2) is 6.78. The summed E-state index contributed by atoms with van der Waals surface area (Å²) in [7, 11) is 0. The molecule has 0 saturated carbocycles. The molecule has 0 unspecified atom stereocenters. The summed E-state index contributed by atoms with van der Waals surface area (Å²) in [6, 6.07) is 13.9. The number of rotatable bonds is 6. The molecule has 0 aromatic heterocycles. The van der Waals surface area contributed by atoms with Gasteiger partial charge in [0.1, 0.15) is 0 Å². The van der Waals surface area contributed by atoms with E-state index in [0.29, 0.717) is 6.42 Å². The average Bonchev–Trinajstić information content (AvgIpc) is 2.45. The minimum Gasteiger partial charge on any atom is -0.343 e. The summed E-state index contributed by atoms with van der Waals surface area (Å²) in [5.41, 5.74) is 3.51. The lowest BCUT2D eigenvalue weighted by molar-refractivity contribution is -0.140. The van der Waals surface area contributed by atoms with Crippen LogP contribution in [0, 0.1) is 0 Å². The van der Waals surface area contributed by atoms with E-state index in [2.05, 4.69) is 18.5 Å². The van der Waals surface area contributed by atoms with Crippen LogP contribution in [-0.2, 0) is 9.63 Å². The predicted octanol–water partition coefficient (Wildman–Crippen LogP) is 4.29. The number of hydrogen-bond donors (Lipinski definition) is 1. The summed E-state index contributed by atoms with van der Waals surface area (Å²) in [4.78, 5) is 16.5. The van der Waals surface area contributed by atoms with Gasteiger partial charge >= 0.3 is 5.97 Å². The number of carbonyl (C=O) groups excluding carboxylic acids is 1. The Morgan fingerprint density at radius 1 is 1.11 bits per heavy atom. The van der Waals surface area contributed by atoms with Gasteiger partial charge in [-0.25, -0.2) is 10.3 Å². The van der Waals surface area contributed by atoms with Gasteiger partial charge in [0.05, 0.1) is 5.69 Å². The van der Waals surface area contributed by atoms with Crippen molar-refractivity contribution in [2.75, 3.05) is 5.48 Å². The van der Waals surface area contributed by atoms with Crippen molar-refractivity contribution < 1.29 is 9.63 Å². The molecule has 19 heavy (non-hydrogen) atoms. The molecule has 0 aliphatic carbocycles. The minimum atomic E-state index is -0.207. The van der Waals surface area contributed by atoms with Crippen LogP contribution in [0.2, 0.25) is 0 Å². The minimum absolute atomic E-state index is 0.207. The lowest BCUT2D eigenvalue weighted by atomic mass is 10.1. The van der Waals surface area contributed by atoms with E-state index in [9.17, 15) is 4.79 Å². The Morgan fingerprint density at radius 2 is 1.89 bits per heavy atom. The van der Waals surface area contributed by atoms with E-state index in [4.69, 9.17) is 4.84 Å².